The SMILES string of the molecule is CC(C)(C)NCC(COc1ncccc1SC(F)(F)F)OC(=O)/C=C\C(=O)OC(CNC(C)(C)C)COc1ncccc1SC(F)(F)F. The Hall–Kier alpha value is -3.22. The Morgan fingerprint density at radius 2 is 1.06 bits per heavy atom. The number of alkyl halides is 6. The van der Waals surface area contributed by atoms with Gasteiger partial charge in [0.25, 0.3) is 0 Å². The van der Waals surface area contributed by atoms with Gasteiger partial charge in [-0.3, -0.25) is 0 Å². The molecule has 0 aliphatic carbocycles. The Labute approximate surface area is 283 Å². The number of carbonyl (C=O) groups is 2. The van der Waals surface area contributed by atoms with Crippen LogP contribution < -0.4 is 20.1 Å². The third kappa shape index (κ3) is 18.4. The van der Waals surface area contributed by atoms with Crippen molar-refractivity contribution in [3.63, 3.8) is 0 Å². The minimum atomic E-state index is -4.58. The summed E-state index contributed by atoms with van der Waals surface area (Å²) in [6.07, 6.45) is 2.08. The highest BCUT2D eigenvalue weighted by Gasteiger charge is 2.32. The number of esters is 2. The first-order valence-electron chi connectivity index (χ1n) is 14.3. The molecule has 2 unspecified atom stereocenters. The Bertz CT molecular complexity index is 1270. The van der Waals surface area contributed by atoms with E-state index in [0.29, 0.717) is 0 Å². The van der Waals surface area contributed by atoms with Gasteiger partial charge >= 0.3 is 23.0 Å². The topological polar surface area (TPSA) is 121 Å². The van der Waals surface area contributed by atoms with Crippen LogP contribution in [-0.2, 0) is 19.1 Å². The summed E-state index contributed by atoms with van der Waals surface area (Å²) >= 11 is -0.801. The maximum absolute atomic E-state index is 13.0. The molecule has 0 spiro atoms. The Kier molecular flexibility index (Phi) is 15.3. The summed E-state index contributed by atoms with van der Waals surface area (Å²) < 4.78 is 99.5. The number of thioether (sulfide) groups is 2. The lowest BCUT2D eigenvalue weighted by atomic mass is 10.1. The summed E-state index contributed by atoms with van der Waals surface area (Å²) in [7, 11) is 0. The molecule has 0 radical (unpaired) electrons. The predicted octanol–water partition coefficient (Wildman–Crippen LogP) is 6.31. The second-order valence-corrected chi connectivity index (χ2v) is 14.3. The lowest BCUT2D eigenvalue weighted by Crippen LogP contribution is -2.44. The van der Waals surface area contributed by atoms with E-state index in [1.807, 2.05) is 41.5 Å². The second-order valence-electron chi connectivity index (χ2n) is 12.0. The largest absolute Gasteiger partial charge is 0.473 e. The van der Waals surface area contributed by atoms with E-state index in [1.54, 1.807) is 0 Å². The van der Waals surface area contributed by atoms with Gasteiger partial charge in [-0.25, -0.2) is 19.6 Å². The van der Waals surface area contributed by atoms with Crippen molar-refractivity contribution in [1.82, 2.24) is 20.6 Å². The maximum Gasteiger partial charge on any atom is 0.446 e. The van der Waals surface area contributed by atoms with Crippen molar-refractivity contribution in [2.24, 2.45) is 0 Å². The third-order valence-corrected chi connectivity index (χ3v) is 6.90. The molecule has 48 heavy (non-hydrogen) atoms. The number of rotatable bonds is 16. The minimum Gasteiger partial charge on any atom is -0.473 e. The van der Waals surface area contributed by atoms with Gasteiger partial charge < -0.3 is 29.6 Å². The van der Waals surface area contributed by atoms with E-state index in [9.17, 15) is 35.9 Å². The Balaban J connectivity index is 2.09. The molecule has 0 amide bonds. The number of hydrogen-bond donors (Lipinski definition) is 2. The van der Waals surface area contributed by atoms with Crippen LogP contribution in [0.2, 0.25) is 0 Å². The summed E-state index contributed by atoms with van der Waals surface area (Å²) in [6, 6.07) is 5.02. The van der Waals surface area contributed by atoms with Gasteiger partial charge in [0.1, 0.15) is 25.4 Å². The summed E-state index contributed by atoms with van der Waals surface area (Å²) in [5.74, 6) is -2.57. The van der Waals surface area contributed by atoms with E-state index in [0.717, 1.165) is 12.2 Å². The first-order chi connectivity index (χ1) is 22.1. The molecule has 0 saturated carbocycles. The van der Waals surface area contributed by atoms with Gasteiger partial charge in [-0.1, -0.05) is 0 Å². The highest BCUT2D eigenvalue weighted by molar-refractivity contribution is 8.00. The number of nitrogens with one attached hydrogen (secondary N) is 2. The van der Waals surface area contributed by atoms with Crippen LogP contribution in [0.3, 0.4) is 0 Å². The molecule has 0 bridgehead atoms. The molecule has 0 aromatic carbocycles. The average Bonchev–Trinajstić information content (AvgIpc) is 2.93. The highest BCUT2D eigenvalue weighted by atomic mass is 32.2. The van der Waals surface area contributed by atoms with Crippen LogP contribution in [-0.4, -0.2) is 82.5 Å². The number of carbonyl (C=O) groups excluding carboxylic acids is 2. The number of halogens is 6. The van der Waals surface area contributed by atoms with Crippen molar-refractivity contribution in [2.75, 3.05) is 26.3 Å². The molecule has 2 rings (SSSR count). The van der Waals surface area contributed by atoms with E-state index in [-0.39, 0.29) is 47.9 Å². The Morgan fingerprint density at radius 3 is 1.38 bits per heavy atom. The number of pyridine rings is 2. The van der Waals surface area contributed by atoms with E-state index in [1.165, 1.54) is 36.7 Å². The van der Waals surface area contributed by atoms with E-state index in [4.69, 9.17) is 18.9 Å². The van der Waals surface area contributed by atoms with E-state index < -0.39 is 69.8 Å². The van der Waals surface area contributed by atoms with Crippen LogP contribution in [0.25, 0.3) is 0 Å². The summed E-state index contributed by atoms with van der Waals surface area (Å²) in [4.78, 5) is 32.4. The molecule has 2 atom stereocenters. The van der Waals surface area contributed by atoms with Crippen LogP contribution in [0.15, 0.2) is 58.6 Å². The highest BCUT2D eigenvalue weighted by Crippen LogP contribution is 2.41. The number of aromatic nitrogens is 2. The number of hydrogen-bond acceptors (Lipinski definition) is 12. The van der Waals surface area contributed by atoms with Crippen LogP contribution in [0.5, 0.6) is 11.8 Å². The molecule has 10 nitrogen and oxygen atoms in total. The summed E-state index contributed by atoms with van der Waals surface area (Å²) in [5, 5.41) is 6.22. The molecule has 2 heterocycles. The van der Waals surface area contributed by atoms with Gasteiger partial charge in [-0.2, -0.15) is 26.3 Å². The van der Waals surface area contributed by atoms with Crippen molar-refractivity contribution >= 4 is 35.5 Å². The smallest absolute Gasteiger partial charge is 0.446 e. The van der Waals surface area contributed by atoms with Crippen molar-refractivity contribution in [3.05, 3.63) is 48.8 Å². The third-order valence-electron chi connectivity index (χ3n) is 5.38. The van der Waals surface area contributed by atoms with Gasteiger partial charge in [-0.15, -0.1) is 0 Å². The van der Waals surface area contributed by atoms with Crippen molar-refractivity contribution < 1.29 is 54.9 Å². The molecule has 2 N–H and O–H groups in total. The fraction of sp³-hybridized carbons (Fsp3) is 0.533. The fourth-order valence-electron chi connectivity index (χ4n) is 3.37. The van der Waals surface area contributed by atoms with Gasteiger partial charge in [0.2, 0.25) is 11.8 Å². The number of ether oxygens (including phenoxy) is 4. The molecular weight excluding hydrogens is 690 g/mol. The van der Waals surface area contributed by atoms with Crippen LogP contribution in [0.4, 0.5) is 26.3 Å². The average molecular weight is 729 g/mol. The van der Waals surface area contributed by atoms with Gasteiger partial charge in [0, 0.05) is 48.7 Å². The normalized spacial score (nSPS) is 14.0. The van der Waals surface area contributed by atoms with Crippen LogP contribution in [0, 0.1) is 0 Å². The zero-order valence-corrected chi connectivity index (χ0v) is 28.7. The van der Waals surface area contributed by atoms with Crippen LogP contribution in [0.1, 0.15) is 41.5 Å². The quantitative estimate of drug-likeness (QED) is 0.0872. The molecule has 2 aromatic heterocycles. The summed E-state index contributed by atoms with van der Waals surface area (Å²) in [6.45, 7) is 10.4. The molecule has 0 saturated heterocycles. The van der Waals surface area contributed by atoms with Gasteiger partial charge in [0.15, 0.2) is 0 Å². The lowest BCUT2D eigenvalue weighted by Gasteiger charge is -2.25. The fourth-order valence-corrected chi connectivity index (χ4v) is 4.56. The monoisotopic (exact) mass is 728 g/mol. The molecule has 0 aliphatic rings. The molecule has 2 aromatic rings. The lowest BCUT2D eigenvalue weighted by molar-refractivity contribution is -0.147. The van der Waals surface area contributed by atoms with Crippen LogP contribution >= 0.6 is 23.5 Å². The standard InChI is InChI=1S/C30H38F6N4O6S2/c1-27(2,3)39-15-19(17-43-25-21(9-7-13-37-25)47-29(31,32)33)45-23(41)11-12-24(42)46-20(16-40-28(4,5)6)18-44-26-22(10-8-14-38-26)48-30(34,35)36/h7-14,19-20,39-40H,15-18H2,1-6H3/b12-11-. The Morgan fingerprint density at radius 1 is 0.708 bits per heavy atom. The predicted molar refractivity (Wildman–Crippen MR) is 168 cm³/mol. The maximum atomic E-state index is 13.0. The first kappa shape index (κ1) is 41.0. The van der Waals surface area contributed by atoms with Crippen molar-refractivity contribution in [2.45, 2.75) is 85.6 Å². The van der Waals surface area contributed by atoms with E-state index >= 15 is 0 Å². The number of nitrogens with zero attached hydrogens (tertiary/aromatic N) is 2. The van der Waals surface area contributed by atoms with Gasteiger partial charge in [0.05, 0.1) is 9.79 Å². The van der Waals surface area contributed by atoms with Gasteiger partial charge in [-0.05, 0) is 89.3 Å². The minimum absolute atomic E-state index is 0.0438. The molecule has 268 valence electrons. The van der Waals surface area contributed by atoms with E-state index in [2.05, 4.69) is 20.6 Å². The molecule has 0 fully saturated rings. The molecular formula is C30H38F6N4O6S2. The first-order valence-corrected chi connectivity index (χ1v) is 16.0. The summed E-state index contributed by atoms with van der Waals surface area (Å²) in [5.41, 5.74) is -10.0. The molecule has 0 aliphatic heterocycles. The molecule has 18 heteroatoms. The second kappa shape index (κ2) is 18.0. The zero-order chi connectivity index (χ0) is 36.2. The van der Waals surface area contributed by atoms with Crippen molar-refractivity contribution in [1.29, 1.82) is 0 Å². The zero-order valence-electron chi connectivity index (χ0n) is 27.0. The van der Waals surface area contributed by atoms with Crippen molar-refractivity contribution in [3.8, 4) is 11.8 Å².